The lowest BCUT2D eigenvalue weighted by atomic mass is 9.90. The molecule has 3 nitrogen and oxygen atoms in total. The Balaban J connectivity index is 2.24. The first-order valence-corrected chi connectivity index (χ1v) is 9.07. The molecule has 0 spiro atoms. The number of rotatable bonds is 3. The van der Waals surface area contributed by atoms with Crippen molar-refractivity contribution in [2.24, 2.45) is 0 Å². The molecule has 3 rings (SSSR count). The van der Waals surface area contributed by atoms with Crippen molar-refractivity contribution >= 4 is 11.8 Å². The Morgan fingerprint density at radius 2 is 1.62 bits per heavy atom. The second kappa shape index (κ2) is 7.00. The average Bonchev–Trinajstić information content (AvgIpc) is 2.59. The summed E-state index contributed by atoms with van der Waals surface area (Å²) in [4.78, 5) is 14.3. The zero-order valence-corrected chi connectivity index (χ0v) is 15.7. The van der Waals surface area contributed by atoms with Crippen LogP contribution in [0.25, 0.3) is 5.69 Å². The van der Waals surface area contributed by atoms with E-state index in [9.17, 15) is 14.3 Å². The van der Waals surface area contributed by atoms with E-state index in [0.29, 0.717) is 11.4 Å². The van der Waals surface area contributed by atoms with Crippen molar-refractivity contribution in [3.05, 3.63) is 82.5 Å². The second-order valence-corrected chi connectivity index (χ2v) is 8.11. The molecular weight excluding hydrogens is 349 g/mol. The minimum Gasteiger partial charge on any atom is -0.506 e. The van der Waals surface area contributed by atoms with Gasteiger partial charge in [-0.2, -0.15) is 0 Å². The van der Waals surface area contributed by atoms with Crippen LogP contribution in [0.1, 0.15) is 26.5 Å². The molecule has 5 heteroatoms. The van der Waals surface area contributed by atoms with Gasteiger partial charge in [-0.1, -0.05) is 50.7 Å². The molecule has 0 amide bonds. The summed E-state index contributed by atoms with van der Waals surface area (Å²) in [5, 5.41) is 10.5. The van der Waals surface area contributed by atoms with Crippen LogP contribution in [0.15, 0.2) is 75.2 Å². The molecule has 1 heterocycles. The Morgan fingerprint density at radius 1 is 1.00 bits per heavy atom. The van der Waals surface area contributed by atoms with E-state index in [1.54, 1.807) is 22.8 Å². The maximum Gasteiger partial charge on any atom is 0.273 e. The molecule has 0 bridgehead atoms. The van der Waals surface area contributed by atoms with E-state index in [0.717, 1.165) is 4.90 Å². The van der Waals surface area contributed by atoms with Crippen LogP contribution in [0.3, 0.4) is 0 Å². The van der Waals surface area contributed by atoms with E-state index in [2.05, 4.69) is 0 Å². The van der Waals surface area contributed by atoms with Gasteiger partial charge in [-0.05, 0) is 36.4 Å². The molecule has 0 saturated heterocycles. The molecule has 0 aliphatic heterocycles. The van der Waals surface area contributed by atoms with Gasteiger partial charge in [0.2, 0.25) is 0 Å². The number of nitrogens with zero attached hydrogens (tertiary/aromatic N) is 1. The molecule has 0 fully saturated rings. The van der Waals surface area contributed by atoms with Crippen LogP contribution >= 0.6 is 11.8 Å². The van der Waals surface area contributed by atoms with E-state index in [4.69, 9.17) is 0 Å². The predicted octanol–water partition coefficient (Wildman–Crippen LogP) is 5.13. The molecule has 0 atom stereocenters. The Bertz CT molecular complexity index is 974. The van der Waals surface area contributed by atoms with Crippen LogP contribution in [-0.2, 0) is 5.41 Å². The van der Waals surface area contributed by atoms with Gasteiger partial charge in [-0.15, -0.1) is 0 Å². The van der Waals surface area contributed by atoms with Crippen molar-refractivity contribution in [1.29, 1.82) is 0 Å². The van der Waals surface area contributed by atoms with E-state index < -0.39 is 0 Å². The average molecular weight is 369 g/mol. The van der Waals surface area contributed by atoms with Gasteiger partial charge in [0.1, 0.15) is 16.5 Å². The third kappa shape index (κ3) is 3.68. The minimum absolute atomic E-state index is 0.0489. The van der Waals surface area contributed by atoms with Gasteiger partial charge < -0.3 is 5.11 Å². The zero-order valence-electron chi connectivity index (χ0n) is 14.9. The highest BCUT2D eigenvalue weighted by molar-refractivity contribution is 7.99. The van der Waals surface area contributed by atoms with Crippen molar-refractivity contribution in [2.75, 3.05) is 0 Å². The van der Waals surface area contributed by atoms with Gasteiger partial charge in [0.05, 0.1) is 0 Å². The highest BCUT2D eigenvalue weighted by Crippen LogP contribution is 2.35. The summed E-state index contributed by atoms with van der Waals surface area (Å²) in [5.41, 5.74) is 0.511. The number of aromatic hydroxyl groups is 1. The number of hydrogen-bond donors (Lipinski definition) is 1. The summed E-state index contributed by atoms with van der Waals surface area (Å²) in [5.74, 6) is -0.413. The Morgan fingerprint density at radius 3 is 2.19 bits per heavy atom. The first kappa shape index (κ1) is 18.3. The number of aromatic nitrogens is 1. The summed E-state index contributed by atoms with van der Waals surface area (Å²) in [6, 6.07) is 16.8. The summed E-state index contributed by atoms with van der Waals surface area (Å²) in [6.45, 7) is 5.89. The highest BCUT2D eigenvalue weighted by Gasteiger charge is 2.24. The fraction of sp³-hybridized carbons (Fsp3) is 0.190. The lowest BCUT2D eigenvalue weighted by Crippen LogP contribution is -2.29. The number of hydrogen-bond acceptors (Lipinski definition) is 3. The first-order chi connectivity index (χ1) is 12.3. The molecule has 1 aromatic heterocycles. The van der Waals surface area contributed by atoms with Crippen molar-refractivity contribution in [3.8, 4) is 11.4 Å². The predicted molar refractivity (Wildman–Crippen MR) is 103 cm³/mol. The zero-order chi connectivity index (χ0) is 18.9. The second-order valence-electron chi connectivity index (χ2n) is 7.03. The number of pyridine rings is 1. The smallest absolute Gasteiger partial charge is 0.273 e. The van der Waals surface area contributed by atoms with E-state index in [-0.39, 0.29) is 27.4 Å². The monoisotopic (exact) mass is 369 g/mol. The lowest BCUT2D eigenvalue weighted by molar-refractivity contribution is 0.448. The fourth-order valence-corrected chi connectivity index (χ4v) is 3.55. The molecule has 0 radical (unpaired) electrons. The normalized spacial score (nSPS) is 11.5. The quantitative estimate of drug-likeness (QED) is 0.696. The molecule has 0 saturated carbocycles. The van der Waals surface area contributed by atoms with E-state index in [1.165, 1.54) is 23.9 Å². The Kier molecular flexibility index (Phi) is 4.92. The molecule has 0 aliphatic rings. The van der Waals surface area contributed by atoms with Crippen LogP contribution in [0.5, 0.6) is 5.75 Å². The van der Waals surface area contributed by atoms with Crippen LogP contribution < -0.4 is 5.56 Å². The minimum atomic E-state index is -0.388. The van der Waals surface area contributed by atoms with Crippen LogP contribution in [0, 0.1) is 5.82 Å². The van der Waals surface area contributed by atoms with Crippen molar-refractivity contribution < 1.29 is 9.50 Å². The number of benzene rings is 2. The van der Waals surface area contributed by atoms with Crippen molar-refractivity contribution in [1.82, 2.24) is 4.57 Å². The summed E-state index contributed by atoms with van der Waals surface area (Å²) >= 11 is 1.21. The lowest BCUT2D eigenvalue weighted by Gasteiger charge is -2.25. The third-order valence-electron chi connectivity index (χ3n) is 3.96. The summed E-state index contributed by atoms with van der Waals surface area (Å²) in [7, 11) is 0. The topological polar surface area (TPSA) is 42.2 Å². The molecule has 1 N–H and O–H groups in total. The van der Waals surface area contributed by atoms with Crippen molar-refractivity contribution in [2.45, 2.75) is 36.0 Å². The Labute approximate surface area is 156 Å². The van der Waals surface area contributed by atoms with Crippen LogP contribution in [-0.4, -0.2) is 9.67 Å². The summed E-state index contributed by atoms with van der Waals surface area (Å²) in [6.07, 6.45) is 0. The van der Waals surface area contributed by atoms with E-state index in [1.807, 2.05) is 51.1 Å². The maximum absolute atomic E-state index is 13.3. The largest absolute Gasteiger partial charge is 0.506 e. The number of halogens is 1. The molecule has 134 valence electrons. The first-order valence-electron chi connectivity index (χ1n) is 8.26. The van der Waals surface area contributed by atoms with Crippen LogP contribution in [0.2, 0.25) is 0 Å². The molecule has 3 aromatic rings. The standard InChI is InChI=1S/C21H20FNO2S/c1-21(2,3)18-13-17(24)19(26-16-7-5-4-6-8-16)20(25)23(18)15-11-9-14(22)10-12-15/h4-13,24H,1-3H3. The van der Waals surface area contributed by atoms with Gasteiger partial charge in [-0.25, -0.2) is 4.39 Å². The Hall–Kier alpha value is -2.53. The molecular formula is C21H20FNO2S. The molecule has 0 unspecified atom stereocenters. The van der Waals surface area contributed by atoms with Gasteiger partial charge >= 0.3 is 0 Å². The molecule has 26 heavy (non-hydrogen) atoms. The van der Waals surface area contributed by atoms with Gasteiger partial charge in [-0.3, -0.25) is 9.36 Å². The molecule has 0 aliphatic carbocycles. The fourth-order valence-electron chi connectivity index (χ4n) is 2.68. The molecule has 2 aromatic carbocycles. The highest BCUT2D eigenvalue weighted by atomic mass is 32.2. The van der Waals surface area contributed by atoms with Crippen molar-refractivity contribution in [3.63, 3.8) is 0 Å². The third-order valence-corrected chi connectivity index (χ3v) is 5.06. The van der Waals surface area contributed by atoms with Gasteiger partial charge in [0, 0.05) is 27.8 Å². The van der Waals surface area contributed by atoms with E-state index >= 15 is 0 Å². The summed E-state index contributed by atoms with van der Waals surface area (Å²) < 4.78 is 14.9. The van der Waals surface area contributed by atoms with Crippen LogP contribution in [0.4, 0.5) is 4.39 Å². The van der Waals surface area contributed by atoms with Gasteiger partial charge in [0.15, 0.2) is 0 Å². The van der Waals surface area contributed by atoms with Gasteiger partial charge in [0.25, 0.3) is 5.56 Å². The SMILES string of the molecule is CC(C)(C)c1cc(O)c(Sc2ccccc2)c(=O)n1-c1ccc(F)cc1. The maximum atomic E-state index is 13.3.